The van der Waals surface area contributed by atoms with Gasteiger partial charge in [-0.2, -0.15) is 10.2 Å². The molecule has 0 radical (unpaired) electrons. The van der Waals surface area contributed by atoms with Gasteiger partial charge in [-0.3, -0.25) is 14.4 Å². The summed E-state index contributed by atoms with van der Waals surface area (Å²) in [6.45, 7) is 8.00. The summed E-state index contributed by atoms with van der Waals surface area (Å²) in [6, 6.07) is 0.790. The average molecular weight is 343 g/mol. The molecule has 2 heterocycles. The molecule has 7 heteroatoms. The zero-order valence-electron chi connectivity index (χ0n) is 15.7. The summed E-state index contributed by atoms with van der Waals surface area (Å²) in [5.74, 6) is 0.848. The van der Waals surface area contributed by atoms with Gasteiger partial charge in [0.25, 0.3) is 0 Å². The molecule has 7 nitrogen and oxygen atoms in total. The van der Waals surface area contributed by atoms with E-state index in [2.05, 4.69) is 52.4 Å². The number of nitrogens with one attached hydrogen (secondary N) is 2. The molecule has 1 atom stereocenters. The first-order chi connectivity index (χ1) is 12.0. The lowest BCUT2D eigenvalue weighted by atomic mass is 9.94. The second kappa shape index (κ2) is 7.72. The van der Waals surface area contributed by atoms with Crippen molar-refractivity contribution in [3.05, 3.63) is 35.4 Å². The highest BCUT2D eigenvalue weighted by Gasteiger charge is 2.22. The predicted octanol–water partition coefficient (Wildman–Crippen LogP) is 1.69. The van der Waals surface area contributed by atoms with E-state index >= 15 is 0 Å². The fourth-order valence-corrected chi connectivity index (χ4v) is 3.17. The number of hydrogen-bond donors (Lipinski definition) is 2. The van der Waals surface area contributed by atoms with Gasteiger partial charge in [-0.15, -0.1) is 0 Å². The molecule has 2 aromatic rings. The highest BCUT2D eigenvalue weighted by Crippen LogP contribution is 2.21. The molecule has 0 aromatic carbocycles. The zero-order chi connectivity index (χ0) is 17.8. The number of nitrogens with zero attached hydrogens (tertiary/aromatic N) is 5. The van der Waals surface area contributed by atoms with Crippen molar-refractivity contribution in [3.63, 3.8) is 0 Å². The maximum atomic E-state index is 4.74. The number of aliphatic imine (C=N–C) groups is 1. The molecule has 1 aliphatic rings. The lowest BCUT2D eigenvalue weighted by molar-refractivity contribution is 0.497. The van der Waals surface area contributed by atoms with E-state index < -0.39 is 0 Å². The van der Waals surface area contributed by atoms with Crippen LogP contribution >= 0.6 is 0 Å². The van der Waals surface area contributed by atoms with Crippen LogP contribution in [0, 0.1) is 6.92 Å². The first kappa shape index (κ1) is 17.5. The third kappa shape index (κ3) is 4.41. The van der Waals surface area contributed by atoms with E-state index in [4.69, 9.17) is 5.10 Å². The van der Waals surface area contributed by atoms with Crippen LogP contribution in [0.1, 0.15) is 43.1 Å². The first-order valence-corrected chi connectivity index (χ1v) is 9.08. The van der Waals surface area contributed by atoms with E-state index in [-0.39, 0.29) is 0 Å². The van der Waals surface area contributed by atoms with Crippen LogP contribution in [-0.4, -0.2) is 45.2 Å². The van der Waals surface area contributed by atoms with Gasteiger partial charge >= 0.3 is 0 Å². The van der Waals surface area contributed by atoms with Crippen molar-refractivity contribution >= 4 is 5.96 Å². The Balaban J connectivity index is 1.50. The van der Waals surface area contributed by atoms with Gasteiger partial charge in [0.05, 0.1) is 18.4 Å². The Labute approximate surface area is 149 Å². The van der Waals surface area contributed by atoms with Crippen LogP contribution in [0.15, 0.2) is 23.6 Å². The summed E-state index contributed by atoms with van der Waals surface area (Å²) in [5.41, 5.74) is 3.80. The zero-order valence-corrected chi connectivity index (χ0v) is 15.7. The van der Waals surface area contributed by atoms with Crippen LogP contribution in [0.5, 0.6) is 0 Å². The summed E-state index contributed by atoms with van der Waals surface area (Å²) in [5, 5.41) is 16.0. The number of guanidine groups is 1. The molecule has 0 aliphatic heterocycles. The Hall–Kier alpha value is -2.31. The molecule has 0 amide bonds. The molecule has 2 N–H and O–H groups in total. The van der Waals surface area contributed by atoms with E-state index in [1.807, 2.05) is 24.1 Å². The van der Waals surface area contributed by atoms with E-state index in [1.54, 1.807) is 0 Å². The Kier molecular flexibility index (Phi) is 5.40. The van der Waals surface area contributed by atoms with Gasteiger partial charge in [-0.05, 0) is 44.7 Å². The molecule has 1 aliphatic carbocycles. The highest BCUT2D eigenvalue weighted by atomic mass is 15.3. The Bertz CT molecular complexity index is 726. The smallest absolute Gasteiger partial charge is 0.191 e. The number of hydrogen-bond acceptors (Lipinski definition) is 3. The minimum absolute atomic E-state index is 0.376. The van der Waals surface area contributed by atoms with E-state index in [1.165, 1.54) is 16.8 Å². The number of fused-ring (bicyclic) bond motifs is 1. The summed E-state index contributed by atoms with van der Waals surface area (Å²) >= 11 is 0. The van der Waals surface area contributed by atoms with Crippen molar-refractivity contribution < 1.29 is 0 Å². The Morgan fingerprint density at radius 3 is 2.92 bits per heavy atom. The third-order valence-corrected chi connectivity index (χ3v) is 4.59. The van der Waals surface area contributed by atoms with Crippen LogP contribution in [-0.2, 0) is 19.4 Å². The third-order valence-electron chi connectivity index (χ3n) is 4.59. The van der Waals surface area contributed by atoms with Gasteiger partial charge < -0.3 is 10.6 Å². The Morgan fingerprint density at radius 2 is 2.24 bits per heavy atom. The average Bonchev–Trinajstić information content (AvgIpc) is 3.19. The van der Waals surface area contributed by atoms with Gasteiger partial charge in [0, 0.05) is 44.5 Å². The summed E-state index contributed by atoms with van der Waals surface area (Å²) < 4.78 is 4.02. The largest absolute Gasteiger partial charge is 0.355 e. The monoisotopic (exact) mass is 343 g/mol. The normalized spacial score (nSPS) is 17.6. The number of aromatic nitrogens is 4. The van der Waals surface area contributed by atoms with Gasteiger partial charge in [0.1, 0.15) is 0 Å². The van der Waals surface area contributed by atoms with E-state index in [0.717, 1.165) is 38.3 Å². The fourth-order valence-electron chi connectivity index (χ4n) is 3.17. The van der Waals surface area contributed by atoms with E-state index in [0.29, 0.717) is 12.1 Å². The standard InChI is InChI=1S/C18H29N7/c1-13(2)25-12-15-5-6-16(9-17(15)23-25)22-18(19-4)20-7-8-24-11-14(3)10-21-24/h10-13,16H,5-9H2,1-4H3,(H2,19,20,22). The highest BCUT2D eigenvalue weighted by molar-refractivity contribution is 5.80. The van der Waals surface area contributed by atoms with Gasteiger partial charge in [0.2, 0.25) is 0 Å². The molecule has 25 heavy (non-hydrogen) atoms. The first-order valence-electron chi connectivity index (χ1n) is 9.08. The SMILES string of the molecule is CN=C(NCCn1cc(C)cn1)NC1CCc2cn(C(C)C)nc2C1. The molecule has 0 bridgehead atoms. The fraction of sp³-hybridized carbons (Fsp3) is 0.611. The van der Waals surface area contributed by atoms with Gasteiger partial charge in [0.15, 0.2) is 5.96 Å². The van der Waals surface area contributed by atoms with Crippen molar-refractivity contribution in [2.24, 2.45) is 4.99 Å². The molecule has 3 rings (SSSR count). The molecule has 1 unspecified atom stereocenters. The van der Waals surface area contributed by atoms with Crippen molar-refractivity contribution in [2.45, 2.75) is 58.7 Å². The van der Waals surface area contributed by atoms with Crippen LogP contribution in [0.4, 0.5) is 0 Å². The summed E-state index contributed by atoms with van der Waals surface area (Å²) in [7, 11) is 1.81. The molecular formula is C18H29N7. The summed E-state index contributed by atoms with van der Waals surface area (Å²) in [6.07, 6.45) is 9.26. The molecule has 0 fully saturated rings. The van der Waals surface area contributed by atoms with Crippen LogP contribution in [0.3, 0.4) is 0 Å². The van der Waals surface area contributed by atoms with Crippen molar-refractivity contribution in [1.29, 1.82) is 0 Å². The van der Waals surface area contributed by atoms with Crippen LogP contribution < -0.4 is 10.6 Å². The van der Waals surface area contributed by atoms with Gasteiger partial charge in [-0.25, -0.2) is 0 Å². The predicted molar refractivity (Wildman–Crippen MR) is 99.9 cm³/mol. The topological polar surface area (TPSA) is 72.1 Å². The second-order valence-electron chi connectivity index (χ2n) is 7.04. The van der Waals surface area contributed by atoms with Crippen LogP contribution in [0.25, 0.3) is 0 Å². The van der Waals surface area contributed by atoms with Crippen LogP contribution in [0.2, 0.25) is 0 Å². The molecule has 0 saturated heterocycles. The van der Waals surface area contributed by atoms with Crippen molar-refractivity contribution in [3.8, 4) is 0 Å². The lowest BCUT2D eigenvalue weighted by Gasteiger charge is -2.24. The maximum absolute atomic E-state index is 4.74. The van der Waals surface area contributed by atoms with E-state index in [9.17, 15) is 0 Å². The molecule has 136 valence electrons. The molecule has 0 saturated carbocycles. The minimum Gasteiger partial charge on any atom is -0.355 e. The summed E-state index contributed by atoms with van der Waals surface area (Å²) in [4.78, 5) is 4.35. The molecule has 0 spiro atoms. The quantitative estimate of drug-likeness (QED) is 0.640. The Morgan fingerprint density at radius 1 is 1.40 bits per heavy atom. The van der Waals surface area contributed by atoms with Crippen molar-refractivity contribution in [1.82, 2.24) is 30.2 Å². The number of rotatable bonds is 5. The second-order valence-corrected chi connectivity index (χ2v) is 7.04. The minimum atomic E-state index is 0.376. The van der Waals surface area contributed by atoms with Gasteiger partial charge in [-0.1, -0.05) is 0 Å². The number of aryl methyl sites for hydroxylation is 2. The molecule has 2 aromatic heterocycles. The maximum Gasteiger partial charge on any atom is 0.191 e. The van der Waals surface area contributed by atoms with Crippen molar-refractivity contribution in [2.75, 3.05) is 13.6 Å². The molecular weight excluding hydrogens is 314 g/mol. The lowest BCUT2D eigenvalue weighted by Crippen LogP contribution is -2.46.